The fourth-order valence-corrected chi connectivity index (χ4v) is 3.86. The van der Waals surface area contributed by atoms with Crippen LogP contribution in [-0.4, -0.2) is 29.6 Å². The number of ether oxygens (including phenoxy) is 1. The molecule has 152 valence electrons. The Morgan fingerprint density at radius 1 is 1.21 bits per heavy atom. The highest BCUT2D eigenvalue weighted by atomic mass is 32.2. The number of halogens is 2. The summed E-state index contributed by atoms with van der Waals surface area (Å²) >= 11 is 1.19. The van der Waals surface area contributed by atoms with Crippen LogP contribution < -0.4 is 4.74 Å². The molecule has 2 aromatic carbocycles. The van der Waals surface area contributed by atoms with Crippen molar-refractivity contribution in [3.05, 3.63) is 64.1 Å². The predicted octanol–water partition coefficient (Wildman–Crippen LogP) is 5.54. The Bertz CT molecular complexity index is 1000. The minimum Gasteiger partial charge on any atom is -0.497 e. The molecule has 7 heteroatoms. The Hall–Kier alpha value is -2.67. The number of hydrogen-bond acceptors (Lipinski definition) is 4. The van der Waals surface area contributed by atoms with Crippen molar-refractivity contribution in [1.29, 1.82) is 0 Å². The number of nitrogens with zero attached hydrogens (tertiary/aromatic N) is 2. The van der Waals surface area contributed by atoms with E-state index in [1.54, 1.807) is 18.1 Å². The molecule has 0 bridgehead atoms. The van der Waals surface area contributed by atoms with E-state index >= 15 is 0 Å². The maximum absolute atomic E-state index is 14.1. The lowest BCUT2D eigenvalue weighted by Gasteiger charge is -2.17. The summed E-state index contributed by atoms with van der Waals surface area (Å²) in [5, 5.41) is 0.381. The van der Waals surface area contributed by atoms with Gasteiger partial charge >= 0.3 is 0 Å². The van der Waals surface area contributed by atoms with Crippen LogP contribution in [0.3, 0.4) is 0 Å². The second-order valence-electron chi connectivity index (χ2n) is 7.13. The van der Waals surface area contributed by atoms with Gasteiger partial charge in [-0.25, -0.2) is 13.8 Å². The first-order valence-corrected chi connectivity index (χ1v) is 10.00. The number of carbonyl (C=O) groups is 1. The number of amidine groups is 1. The van der Waals surface area contributed by atoms with Crippen LogP contribution in [0, 0.1) is 24.5 Å². The molecular formula is C22H22F2N2O2S. The molecule has 1 fully saturated rings. The van der Waals surface area contributed by atoms with Gasteiger partial charge in [-0.05, 0) is 66.1 Å². The molecule has 1 saturated heterocycles. The molecular weight excluding hydrogens is 394 g/mol. The van der Waals surface area contributed by atoms with Crippen molar-refractivity contribution >= 4 is 34.6 Å². The van der Waals surface area contributed by atoms with E-state index in [1.807, 2.05) is 39.0 Å². The van der Waals surface area contributed by atoms with Gasteiger partial charge < -0.3 is 4.74 Å². The fraction of sp³-hybridized carbons (Fsp3) is 0.273. The monoisotopic (exact) mass is 416 g/mol. The Labute approximate surface area is 173 Å². The molecule has 0 N–H and O–H groups in total. The third kappa shape index (κ3) is 4.85. The van der Waals surface area contributed by atoms with Gasteiger partial charge in [-0.1, -0.05) is 19.9 Å². The van der Waals surface area contributed by atoms with Crippen molar-refractivity contribution in [2.24, 2.45) is 10.9 Å². The van der Waals surface area contributed by atoms with E-state index in [0.717, 1.165) is 29.0 Å². The summed E-state index contributed by atoms with van der Waals surface area (Å²) in [6.45, 7) is 6.37. The Balaban J connectivity index is 1.99. The Morgan fingerprint density at radius 2 is 1.97 bits per heavy atom. The molecule has 0 spiro atoms. The molecule has 29 heavy (non-hydrogen) atoms. The summed E-state index contributed by atoms with van der Waals surface area (Å²) in [4.78, 5) is 19.3. The first kappa shape index (κ1) is 21.0. The van der Waals surface area contributed by atoms with Crippen molar-refractivity contribution in [1.82, 2.24) is 4.90 Å². The van der Waals surface area contributed by atoms with Gasteiger partial charge in [-0.3, -0.25) is 9.69 Å². The summed E-state index contributed by atoms with van der Waals surface area (Å²) in [7, 11) is 1.60. The van der Waals surface area contributed by atoms with Crippen LogP contribution in [0.5, 0.6) is 5.75 Å². The number of amides is 1. The molecule has 0 aromatic heterocycles. The molecule has 1 aliphatic rings. The number of carbonyl (C=O) groups excluding carboxylic acids is 1. The third-order valence-corrected chi connectivity index (χ3v) is 5.33. The van der Waals surface area contributed by atoms with Crippen LogP contribution in [0.1, 0.15) is 25.0 Å². The largest absolute Gasteiger partial charge is 0.497 e. The summed E-state index contributed by atoms with van der Waals surface area (Å²) in [5.41, 5.74) is 1.85. The number of benzene rings is 2. The summed E-state index contributed by atoms with van der Waals surface area (Å²) in [5.74, 6) is -0.676. The summed E-state index contributed by atoms with van der Waals surface area (Å²) < 4.78 is 32.5. The Kier molecular flexibility index (Phi) is 6.37. The minimum absolute atomic E-state index is 0.00247. The lowest BCUT2D eigenvalue weighted by Crippen LogP contribution is -2.32. The molecule has 3 rings (SSSR count). The average molecular weight is 416 g/mol. The standard InChI is InChI=1S/C22H22F2N2O2S/c1-13(2)12-26-21(27)20(10-15-5-7-17(28-4)9-14(15)3)29-22(26)25-19-8-6-16(23)11-18(19)24/h5-11,13H,12H2,1-4H3/b20-10+,25-22?. The van der Waals surface area contributed by atoms with Gasteiger partial charge in [0.2, 0.25) is 0 Å². The summed E-state index contributed by atoms with van der Waals surface area (Å²) in [6.07, 6.45) is 1.80. The van der Waals surface area contributed by atoms with Crippen LogP contribution in [0.15, 0.2) is 46.3 Å². The van der Waals surface area contributed by atoms with Crippen molar-refractivity contribution < 1.29 is 18.3 Å². The van der Waals surface area contributed by atoms with Crippen LogP contribution >= 0.6 is 11.8 Å². The van der Waals surface area contributed by atoms with Crippen LogP contribution in [0.2, 0.25) is 0 Å². The fourth-order valence-electron chi connectivity index (χ4n) is 2.87. The van der Waals surface area contributed by atoms with E-state index in [1.165, 1.54) is 17.8 Å². The van der Waals surface area contributed by atoms with Crippen molar-refractivity contribution in [2.45, 2.75) is 20.8 Å². The van der Waals surface area contributed by atoms with Gasteiger partial charge in [0.25, 0.3) is 5.91 Å². The van der Waals surface area contributed by atoms with Gasteiger partial charge in [-0.15, -0.1) is 0 Å². The quantitative estimate of drug-likeness (QED) is 0.601. The molecule has 4 nitrogen and oxygen atoms in total. The number of hydrogen-bond donors (Lipinski definition) is 0. The lowest BCUT2D eigenvalue weighted by atomic mass is 10.1. The average Bonchev–Trinajstić information content (AvgIpc) is 2.94. The smallest absolute Gasteiger partial charge is 0.266 e. The number of methoxy groups -OCH3 is 1. The zero-order valence-corrected chi connectivity index (χ0v) is 17.5. The first-order chi connectivity index (χ1) is 13.8. The zero-order chi connectivity index (χ0) is 21.1. The second-order valence-corrected chi connectivity index (χ2v) is 8.14. The van der Waals surface area contributed by atoms with Gasteiger partial charge in [0.05, 0.1) is 12.0 Å². The van der Waals surface area contributed by atoms with E-state index in [0.29, 0.717) is 16.6 Å². The maximum Gasteiger partial charge on any atom is 0.266 e. The number of rotatable bonds is 5. The highest BCUT2D eigenvalue weighted by Crippen LogP contribution is 2.36. The lowest BCUT2D eigenvalue weighted by molar-refractivity contribution is -0.122. The molecule has 0 unspecified atom stereocenters. The topological polar surface area (TPSA) is 41.9 Å². The molecule has 0 aliphatic carbocycles. The highest BCUT2D eigenvalue weighted by Gasteiger charge is 2.34. The van der Waals surface area contributed by atoms with Gasteiger partial charge in [0, 0.05) is 12.6 Å². The van der Waals surface area contributed by atoms with Crippen molar-refractivity contribution in [3.8, 4) is 5.75 Å². The van der Waals surface area contributed by atoms with Crippen molar-refractivity contribution in [3.63, 3.8) is 0 Å². The molecule has 0 atom stereocenters. The molecule has 0 saturated carbocycles. The van der Waals surface area contributed by atoms with E-state index < -0.39 is 11.6 Å². The highest BCUT2D eigenvalue weighted by molar-refractivity contribution is 8.18. The molecule has 2 aromatic rings. The van der Waals surface area contributed by atoms with E-state index in [9.17, 15) is 13.6 Å². The van der Waals surface area contributed by atoms with Gasteiger partial charge in [0.1, 0.15) is 17.3 Å². The Morgan fingerprint density at radius 3 is 2.59 bits per heavy atom. The van der Waals surface area contributed by atoms with E-state index in [2.05, 4.69) is 4.99 Å². The summed E-state index contributed by atoms with van der Waals surface area (Å²) in [6, 6.07) is 8.81. The van der Waals surface area contributed by atoms with Gasteiger partial charge in [0.15, 0.2) is 11.0 Å². The number of aliphatic imine (C=N–C) groups is 1. The van der Waals surface area contributed by atoms with Crippen molar-refractivity contribution in [2.75, 3.05) is 13.7 Å². The van der Waals surface area contributed by atoms with Crippen LogP contribution in [0.4, 0.5) is 14.5 Å². The molecule has 1 aliphatic heterocycles. The SMILES string of the molecule is COc1ccc(/C=C2/SC(=Nc3ccc(F)cc3F)N(CC(C)C)C2=O)c(C)c1. The normalized spacial score (nSPS) is 17.1. The molecule has 0 radical (unpaired) electrons. The van der Waals surface area contributed by atoms with Crippen LogP contribution in [-0.2, 0) is 4.79 Å². The minimum atomic E-state index is -0.765. The van der Waals surface area contributed by atoms with E-state index in [4.69, 9.17) is 4.74 Å². The predicted molar refractivity (Wildman–Crippen MR) is 113 cm³/mol. The zero-order valence-electron chi connectivity index (χ0n) is 16.7. The molecule has 1 amide bonds. The third-order valence-electron chi connectivity index (χ3n) is 4.33. The second kappa shape index (κ2) is 8.78. The van der Waals surface area contributed by atoms with Crippen LogP contribution in [0.25, 0.3) is 6.08 Å². The molecule has 1 heterocycles. The number of aryl methyl sites for hydroxylation is 1. The maximum atomic E-state index is 14.1. The van der Waals surface area contributed by atoms with E-state index in [-0.39, 0.29) is 17.5 Å². The van der Waals surface area contributed by atoms with Gasteiger partial charge in [-0.2, -0.15) is 0 Å². The first-order valence-electron chi connectivity index (χ1n) is 9.18. The number of thioether (sulfide) groups is 1.